The van der Waals surface area contributed by atoms with Gasteiger partial charge in [0.15, 0.2) is 0 Å². The smallest absolute Gasteiger partial charge is 0.137 e. The van der Waals surface area contributed by atoms with E-state index in [9.17, 15) is 4.39 Å². The van der Waals surface area contributed by atoms with Crippen molar-refractivity contribution < 1.29 is 4.39 Å². The second-order valence-corrected chi connectivity index (χ2v) is 7.74. The number of nitrogens with one attached hydrogen (secondary N) is 1. The van der Waals surface area contributed by atoms with E-state index in [1.165, 1.54) is 12.1 Å². The van der Waals surface area contributed by atoms with Crippen LogP contribution in [-0.2, 0) is 0 Å². The number of nitrogens with zero attached hydrogens (tertiary/aromatic N) is 5. The third kappa shape index (κ3) is 3.02. The molecule has 8 heteroatoms. The summed E-state index contributed by atoms with van der Waals surface area (Å²) in [6, 6.07) is 15.8. The number of H-pyrrole nitrogens is 1. The second-order valence-electron chi connectivity index (χ2n) is 7.31. The van der Waals surface area contributed by atoms with Gasteiger partial charge in [-0.05, 0) is 48.5 Å². The molecule has 6 rings (SSSR count). The molecule has 0 aliphatic carbocycles. The molecular weight excluding hydrogens is 427 g/mol. The summed E-state index contributed by atoms with van der Waals surface area (Å²) < 4.78 is 16.7. The molecule has 0 bridgehead atoms. The number of rotatable bonds is 3. The molecule has 0 atom stereocenters. The van der Waals surface area contributed by atoms with Crippen molar-refractivity contribution in [1.29, 1.82) is 0 Å². The highest BCUT2D eigenvalue weighted by Crippen LogP contribution is 2.35. The molecule has 32 heavy (non-hydrogen) atoms. The van der Waals surface area contributed by atoms with Crippen molar-refractivity contribution in [3.8, 4) is 33.8 Å². The van der Waals surface area contributed by atoms with Crippen molar-refractivity contribution in [3.63, 3.8) is 0 Å². The average Bonchev–Trinajstić information content (AvgIpc) is 3.48. The van der Waals surface area contributed by atoms with E-state index in [2.05, 4.69) is 15.2 Å². The highest BCUT2D eigenvalue weighted by atomic mass is 35.5. The first-order chi connectivity index (χ1) is 15.7. The second kappa shape index (κ2) is 7.25. The van der Waals surface area contributed by atoms with Gasteiger partial charge >= 0.3 is 0 Å². The van der Waals surface area contributed by atoms with Gasteiger partial charge in [0.25, 0.3) is 0 Å². The predicted molar refractivity (Wildman–Crippen MR) is 122 cm³/mol. The summed E-state index contributed by atoms with van der Waals surface area (Å²) in [5.74, 6) is -0.399. The lowest BCUT2D eigenvalue weighted by molar-refractivity contribution is 0.631. The first kappa shape index (κ1) is 18.7. The Hall–Kier alpha value is -4.10. The lowest BCUT2D eigenvalue weighted by atomic mass is 10.1. The summed E-state index contributed by atoms with van der Waals surface area (Å²) in [5.41, 5.74) is 6.09. The fourth-order valence-electron chi connectivity index (χ4n) is 3.81. The minimum absolute atomic E-state index is 0.323. The Labute approximate surface area is 186 Å². The van der Waals surface area contributed by atoms with Crippen LogP contribution in [0.3, 0.4) is 0 Å². The third-order valence-corrected chi connectivity index (χ3v) is 5.56. The summed E-state index contributed by atoms with van der Waals surface area (Å²) in [4.78, 5) is 14.1. The van der Waals surface area contributed by atoms with Gasteiger partial charge in [-0.2, -0.15) is 5.10 Å². The van der Waals surface area contributed by atoms with Gasteiger partial charge < -0.3 is 0 Å². The summed E-state index contributed by atoms with van der Waals surface area (Å²) in [6.07, 6.45) is 7.21. The Morgan fingerprint density at radius 1 is 0.906 bits per heavy atom. The van der Waals surface area contributed by atoms with Gasteiger partial charge in [0, 0.05) is 40.3 Å². The van der Waals surface area contributed by atoms with Gasteiger partial charge in [-0.3, -0.25) is 14.5 Å². The van der Waals surface area contributed by atoms with Crippen molar-refractivity contribution in [2.75, 3.05) is 0 Å². The van der Waals surface area contributed by atoms with Crippen molar-refractivity contribution in [3.05, 3.63) is 90.2 Å². The zero-order valence-electron chi connectivity index (χ0n) is 16.5. The molecule has 0 amide bonds. The van der Waals surface area contributed by atoms with Crippen molar-refractivity contribution in [1.82, 2.24) is 29.5 Å². The van der Waals surface area contributed by atoms with Crippen LogP contribution in [0.4, 0.5) is 4.39 Å². The Bertz CT molecular complexity index is 1610. The van der Waals surface area contributed by atoms with Crippen molar-refractivity contribution in [2.45, 2.75) is 0 Å². The van der Waals surface area contributed by atoms with Crippen LogP contribution in [0, 0.1) is 5.82 Å². The van der Waals surface area contributed by atoms with Crippen LogP contribution in [-0.4, -0.2) is 29.5 Å². The molecule has 1 N–H and O–H groups in total. The minimum atomic E-state index is -0.399. The molecular formula is C24H14ClFN6. The molecule has 154 valence electrons. The maximum absolute atomic E-state index is 14.8. The monoisotopic (exact) mass is 440 g/mol. The van der Waals surface area contributed by atoms with E-state index in [1.54, 1.807) is 24.7 Å². The standard InChI is InChI=1S/C24H14ClFN6/c25-16-4-5-18(26)17(10-16)23-24(32-8-2-1-3-22(32)31-23)20-7-6-19-21(30-20)9-14(11-27-19)15-12-28-29-13-15/h1-13H,(H,28,29). The highest BCUT2D eigenvalue weighted by Gasteiger charge is 2.20. The molecule has 6 aromatic rings. The van der Waals surface area contributed by atoms with Crippen LogP contribution in [0.1, 0.15) is 0 Å². The minimum Gasteiger partial charge on any atom is -0.298 e. The molecule has 0 aliphatic heterocycles. The zero-order valence-corrected chi connectivity index (χ0v) is 17.3. The summed E-state index contributed by atoms with van der Waals surface area (Å²) in [5, 5.41) is 7.24. The number of aromatic amines is 1. The molecule has 0 radical (unpaired) electrons. The van der Waals surface area contributed by atoms with Crippen molar-refractivity contribution >= 4 is 28.3 Å². The van der Waals surface area contributed by atoms with Crippen LogP contribution in [0.25, 0.3) is 50.5 Å². The highest BCUT2D eigenvalue weighted by molar-refractivity contribution is 6.30. The van der Waals surface area contributed by atoms with E-state index in [0.29, 0.717) is 38.8 Å². The molecule has 0 saturated carbocycles. The number of imidazole rings is 1. The van der Waals surface area contributed by atoms with E-state index in [0.717, 1.165) is 16.6 Å². The molecule has 0 fully saturated rings. The van der Waals surface area contributed by atoms with Gasteiger partial charge in [-0.1, -0.05) is 17.7 Å². The van der Waals surface area contributed by atoms with E-state index in [4.69, 9.17) is 21.6 Å². The lowest BCUT2D eigenvalue weighted by Crippen LogP contribution is -1.95. The normalized spacial score (nSPS) is 11.4. The first-order valence-corrected chi connectivity index (χ1v) is 10.2. The molecule has 0 unspecified atom stereocenters. The Morgan fingerprint density at radius 2 is 1.84 bits per heavy atom. The number of benzene rings is 1. The quantitative estimate of drug-likeness (QED) is 0.378. The van der Waals surface area contributed by atoms with E-state index >= 15 is 0 Å². The van der Waals surface area contributed by atoms with Gasteiger partial charge in [-0.15, -0.1) is 0 Å². The number of fused-ring (bicyclic) bond motifs is 2. The molecule has 0 spiro atoms. The van der Waals surface area contributed by atoms with E-state index in [1.807, 2.05) is 47.0 Å². The topological polar surface area (TPSA) is 71.8 Å². The predicted octanol–water partition coefficient (Wildman–Crippen LogP) is 5.79. The van der Waals surface area contributed by atoms with E-state index < -0.39 is 5.82 Å². The number of hydrogen-bond donors (Lipinski definition) is 1. The molecule has 1 aromatic carbocycles. The number of pyridine rings is 3. The fourth-order valence-corrected chi connectivity index (χ4v) is 3.98. The third-order valence-electron chi connectivity index (χ3n) is 5.32. The molecule has 5 heterocycles. The number of aromatic nitrogens is 6. The Morgan fingerprint density at radius 3 is 2.72 bits per heavy atom. The van der Waals surface area contributed by atoms with Crippen LogP contribution in [0.2, 0.25) is 5.02 Å². The van der Waals surface area contributed by atoms with Crippen LogP contribution in [0.15, 0.2) is 79.4 Å². The fraction of sp³-hybridized carbons (Fsp3) is 0. The van der Waals surface area contributed by atoms with Gasteiger partial charge in [0.05, 0.1) is 28.6 Å². The van der Waals surface area contributed by atoms with Crippen LogP contribution >= 0.6 is 11.6 Å². The van der Waals surface area contributed by atoms with E-state index in [-0.39, 0.29) is 0 Å². The molecule has 6 nitrogen and oxygen atoms in total. The maximum Gasteiger partial charge on any atom is 0.137 e. The Balaban J connectivity index is 1.61. The summed E-state index contributed by atoms with van der Waals surface area (Å²) >= 11 is 6.18. The summed E-state index contributed by atoms with van der Waals surface area (Å²) in [7, 11) is 0. The van der Waals surface area contributed by atoms with Gasteiger partial charge in [0.2, 0.25) is 0 Å². The van der Waals surface area contributed by atoms with Gasteiger partial charge in [-0.25, -0.2) is 14.4 Å². The Kier molecular flexibility index (Phi) is 4.22. The first-order valence-electron chi connectivity index (χ1n) is 9.86. The average molecular weight is 441 g/mol. The SMILES string of the molecule is Fc1ccc(Cl)cc1-c1nc2ccccn2c1-c1ccc2ncc(-c3cn[nH]c3)cc2n1. The number of halogens is 2. The molecule has 0 aliphatic rings. The molecule has 0 saturated heterocycles. The largest absolute Gasteiger partial charge is 0.298 e. The van der Waals surface area contributed by atoms with Gasteiger partial charge in [0.1, 0.15) is 17.2 Å². The maximum atomic E-state index is 14.8. The molecule has 5 aromatic heterocycles. The number of hydrogen-bond acceptors (Lipinski definition) is 4. The van der Waals surface area contributed by atoms with Crippen molar-refractivity contribution in [2.24, 2.45) is 0 Å². The zero-order chi connectivity index (χ0) is 21.7. The van der Waals surface area contributed by atoms with Crippen LogP contribution < -0.4 is 0 Å². The van der Waals surface area contributed by atoms with Crippen LogP contribution in [0.5, 0.6) is 0 Å². The summed E-state index contributed by atoms with van der Waals surface area (Å²) in [6.45, 7) is 0. The lowest BCUT2D eigenvalue weighted by Gasteiger charge is -2.08.